The Morgan fingerprint density at radius 1 is 1.21 bits per heavy atom. The van der Waals surface area contributed by atoms with E-state index in [4.69, 9.17) is 25.5 Å². The van der Waals surface area contributed by atoms with Gasteiger partial charge in [0.25, 0.3) is 0 Å². The van der Waals surface area contributed by atoms with Gasteiger partial charge in [-0.2, -0.15) is 10.1 Å². The summed E-state index contributed by atoms with van der Waals surface area (Å²) >= 11 is 0. The highest BCUT2D eigenvalue weighted by Crippen LogP contribution is 2.30. The van der Waals surface area contributed by atoms with E-state index in [9.17, 15) is 4.79 Å². The number of primary amides is 1. The third-order valence-corrected chi connectivity index (χ3v) is 5.95. The van der Waals surface area contributed by atoms with E-state index < -0.39 is 0 Å². The van der Waals surface area contributed by atoms with Gasteiger partial charge in [-0.1, -0.05) is 13.0 Å². The quantitative estimate of drug-likeness (QED) is 0.475. The Balaban J connectivity index is 1.76. The lowest BCUT2D eigenvalue weighted by Crippen LogP contribution is -2.39. The summed E-state index contributed by atoms with van der Waals surface area (Å²) in [6.07, 6.45) is 2.15. The second-order valence-electron chi connectivity index (χ2n) is 8.24. The number of carbonyl (C=O) groups excluding carboxylic acids is 1. The molecule has 176 valence electrons. The largest absolute Gasteiger partial charge is 0.380 e. The molecular weight excluding hydrogens is 420 g/mol. The van der Waals surface area contributed by atoms with Crippen LogP contribution in [0.5, 0.6) is 0 Å². The van der Waals surface area contributed by atoms with E-state index in [1.165, 1.54) is 0 Å². The van der Waals surface area contributed by atoms with Crippen molar-refractivity contribution in [3.8, 4) is 0 Å². The number of nitrogens with two attached hydrogens (primary N) is 1. The van der Waals surface area contributed by atoms with Gasteiger partial charge in [-0.05, 0) is 45.2 Å². The molecule has 0 radical (unpaired) electrons. The minimum absolute atomic E-state index is 0.0911. The number of hydrogen-bond acceptors (Lipinski definition) is 8. The lowest BCUT2D eigenvalue weighted by molar-refractivity contribution is -0.122. The summed E-state index contributed by atoms with van der Waals surface area (Å²) in [4.78, 5) is 28.1. The van der Waals surface area contributed by atoms with Gasteiger partial charge in [0.2, 0.25) is 11.9 Å². The molecule has 3 N–H and O–H groups in total. The van der Waals surface area contributed by atoms with E-state index in [1.54, 1.807) is 0 Å². The van der Waals surface area contributed by atoms with Crippen molar-refractivity contribution in [2.24, 2.45) is 11.7 Å². The molecule has 4 heterocycles. The summed E-state index contributed by atoms with van der Waals surface area (Å²) in [5.74, 6) is 1.67. The Hall–Kier alpha value is -3.27. The number of anilines is 3. The molecule has 1 amide bonds. The molecule has 33 heavy (non-hydrogen) atoms. The highest BCUT2D eigenvalue weighted by molar-refractivity contribution is 5.90. The Bertz CT molecular complexity index is 1120. The van der Waals surface area contributed by atoms with E-state index in [2.05, 4.69) is 22.1 Å². The number of aryl methyl sites for hydroxylation is 2. The van der Waals surface area contributed by atoms with Crippen LogP contribution in [0.3, 0.4) is 0 Å². The van der Waals surface area contributed by atoms with Crippen LogP contribution in [0.1, 0.15) is 38.1 Å². The van der Waals surface area contributed by atoms with Crippen LogP contribution in [0.25, 0.3) is 11.0 Å². The lowest BCUT2D eigenvalue weighted by Gasteiger charge is -2.30. The normalized spacial score (nSPS) is 14.7. The van der Waals surface area contributed by atoms with Crippen molar-refractivity contribution in [3.63, 3.8) is 0 Å². The van der Waals surface area contributed by atoms with Gasteiger partial charge in [0.1, 0.15) is 16.9 Å². The first kappa shape index (κ1) is 22.9. The first-order valence-corrected chi connectivity index (χ1v) is 11.6. The Kier molecular flexibility index (Phi) is 7.02. The summed E-state index contributed by atoms with van der Waals surface area (Å²) in [6.45, 7) is 9.18. The van der Waals surface area contributed by atoms with E-state index in [-0.39, 0.29) is 11.8 Å². The van der Waals surface area contributed by atoms with Crippen LogP contribution in [0, 0.1) is 12.8 Å². The number of carbonyl (C=O) groups is 1. The molecule has 1 aliphatic rings. The summed E-state index contributed by atoms with van der Waals surface area (Å²) < 4.78 is 7.49. The number of nitrogens with one attached hydrogen (secondary N) is 1. The molecule has 0 aliphatic carbocycles. The molecule has 10 heteroatoms. The van der Waals surface area contributed by atoms with Crippen LogP contribution in [-0.4, -0.2) is 56.9 Å². The van der Waals surface area contributed by atoms with Crippen LogP contribution in [0.15, 0.2) is 18.2 Å². The standard InChI is InChI=1S/C23H32N8O2/c1-4-17-19-20(31(29-17)13-14-33-5-2)22(26-18-8-6-7-15(3)25-18)28-23(27-19)30-11-9-16(10-12-30)21(24)32/h6-8,16H,4-5,9-14H2,1-3H3,(H2,24,32)(H,25,26,27,28). The molecule has 0 unspecified atom stereocenters. The molecule has 1 saturated heterocycles. The molecular formula is C23H32N8O2. The number of nitrogens with zero attached hydrogens (tertiary/aromatic N) is 6. The Morgan fingerprint density at radius 2 is 2.00 bits per heavy atom. The van der Waals surface area contributed by atoms with Crippen molar-refractivity contribution >= 4 is 34.5 Å². The van der Waals surface area contributed by atoms with Gasteiger partial charge >= 0.3 is 0 Å². The Labute approximate surface area is 193 Å². The van der Waals surface area contributed by atoms with Crippen molar-refractivity contribution < 1.29 is 9.53 Å². The maximum absolute atomic E-state index is 11.6. The molecule has 0 atom stereocenters. The van der Waals surface area contributed by atoms with E-state index in [0.717, 1.165) is 28.8 Å². The van der Waals surface area contributed by atoms with Crippen LogP contribution in [0.2, 0.25) is 0 Å². The number of piperidine rings is 1. The van der Waals surface area contributed by atoms with Crippen molar-refractivity contribution in [2.45, 2.75) is 46.6 Å². The second kappa shape index (κ2) is 10.1. The Morgan fingerprint density at radius 3 is 2.67 bits per heavy atom. The van der Waals surface area contributed by atoms with Crippen LogP contribution in [-0.2, 0) is 22.5 Å². The monoisotopic (exact) mass is 452 g/mol. The summed E-state index contributed by atoms with van der Waals surface area (Å²) in [5.41, 5.74) is 9.00. The van der Waals surface area contributed by atoms with Crippen LogP contribution < -0.4 is 16.0 Å². The van der Waals surface area contributed by atoms with Crippen molar-refractivity contribution in [1.82, 2.24) is 24.7 Å². The number of aromatic nitrogens is 5. The maximum atomic E-state index is 11.6. The van der Waals surface area contributed by atoms with Gasteiger partial charge in [0.15, 0.2) is 5.82 Å². The minimum atomic E-state index is -0.234. The minimum Gasteiger partial charge on any atom is -0.380 e. The van der Waals surface area contributed by atoms with Gasteiger partial charge in [-0.3, -0.25) is 9.48 Å². The number of amides is 1. The zero-order valence-electron chi connectivity index (χ0n) is 19.5. The predicted octanol–water partition coefficient (Wildman–Crippen LogP) is 2.57. The zero-order chi connectivity index (χ0) is 23.4. The van der Waals surface area contributed by atoms with E-state index in [1.807, 2.05) is 36.7 Å². The average Bonchev–Trinajstić information content (AvgIpc) is 3.17. The molecule has 1 aliphatic heterocycles. The number of fused-ring (bicyclic) bond motifs is 1. The average molecular weight is 453 g/mol. The first-order valence-electron chi connectivity index (χ1n) is 11.6. The van der Waals surface area contributed by atoms with Gasteiger partial charge < -0.3 is 20.7 Å². The fourth-order valence-corrected chi connectivity index (χ4v) is 4.15. The van der Waals surface area contributed by atoms with Crippen molar-refractivity contribution in [2.75, 3.05) is 36.5 Å². The van der Waals surface area contributed by atoms with Crippen LogP contribution in [0.4, 0.5) is 17.6 Å². The van der Waals surface area contributed by atoms with Gasteiger partial charge in [-0.25, -0.2) is 9.97 Å². The van der Waals surface area contributed by atoms with E-state index >= 15 is 0 Å². The van der Waals surface area contributed by atoms with Gasteiger partial charge in [-0.15, -0.1) is 0 Å². The second-order valence-corrected chi connectivity index (χ2v) is 8.24. The number of ether oxygens (including phenoxy) is 1. The van der Waals surface area contributed by atoms with Gasteiger partial charge in [0.05, 0.1) is 18.8 Å². The molecule has 3 aromatic heterocycles. The van der Waals surface area contributed by atoms with Gasteiger partial charge in [0, 0.05) is 31.3 Å². The fourth-order valence-electron chi connectivity index (χ4n) is 4.15. The fraction of sp³-hybridized carbons (Fsp3) is 0.522. The SMILES string of the molecule is CCOCCn1nc(CC)c2nc(N3CCC(C(N)=O)CC3)nc(Nc3cccc(C)n3)c21. The molecule has 0 bridgehead atoms. The third-order valence-electron chi connectivity index (χ3n) is 5.95. The first-order chi connectivity index (χ1) is 16.0. The number of hydrogen-bond donors (Lipinski definition) is 2. The topological polar surface area (TPSA) is 124 Å². The van der Waals surface area contributed by atoms with Crippen LogP contribution >= 0.6 is 0 Å². The molecule has 0 saturated carbocycles. The number of pyridine rings is 1. The van der Waals surface area contributed by atoms with Crippen molar-refractivity contribution in [3.05, 3.63) is 29.6 Å². The molecule has 1 fully saturated rings. The molecule has 0 aromatic carbocycles. The smallest absolute Gasteiger partial charge is 0.228 e. The highest BCUT2D eigenvalue weighted by Gasteiger charge is 2.26. The van der Waals surface area contributed by atoms with E-state index in [0.29, 0.717) is 63.3 Å². The molecule has 4 rings (SSSR count). The van der Waals surface area contributed by atoms with Crippen molar-refractivity contribution in [1.29, 1.82) is 0 Å². The molecule has 10 nitrogen and oxygen atoms in total. The third kappa shape index (κ3) is 5.05. The summed E-state index contributed by atoms with van der Waals surface area (Å²) in [7, 11) is 0. The summed E-state index contributed by atoms with van der Waals surface area (Å²) in [5, 5.41) is 8.21. The number of rotatable bonds is 9. The highest BCUT2D eigenvalue weighted by atomic mass is 16.5. The molecule has 3 aromatic rings. The summed E-state index contributed by atoms with van der Waals surface area (Å²) in [6, 6.07) is 5.83. The zero-order valence-corrected chi connectivity index (χ0v) is 19.5. The maximum Gasteiger partial charge on any atom is 0.228 e. The lowest BCUT2D eigenvalue weighted by atomic mass is 9.96. The predicted molar refractivity (Wildman–Crippen MR) is 128 cm³/mol. The molecule has 0 spiro atoms.